The predicted octanol–water partition coefficient (Wildman–Crippen LogP) is 5.09. The van der Waals surface area contributed by atoms with E-state index in [0.29, 0.717) is 0 Å². The smallest absolute Gasteiger partial charge is 0.449 e. The minimum atomic E-state index is -4.97. The van der Waals surface area contributed by atoms with Crippen molar-refractivity contribution < 1.29 is 31.9 Å². The lowest BCUT2D eigenvalue weighted by atomic mass is 10.1. The molecule has 2 aromatic carbocycles. The van der Waals surface area contributed by atoms with E-state index in [1.807, 2.05) is 6.92 Å². The van der Waals surface area contributed by atoms with Gasteiger partial charge in [-0.2, -0.15) is 13.2 Å². The SMILES string of the molecule is CCc1ccc(Oc2c(C(F)(F)F)oc3cc(OC(C)=O)ccc3c2=O)cc1. The van der Waals surface area contributed by atoms with Crippen LogP contribution >= 0.6 is 0 Å². The number of hydrogen-bond acceptors (Lipinski definition) is 5. The van der Waals surface area contributed by atoms with Gasteiger partial charge in [0.05, 0.1) is 5.39 Å². The van der Waals surface area contributed by atoms with Crippen molar-refractivity contribution in [2.45, 2.75) is 26.4 Å². The molecule has 146 valence electrons. The number of carbonyl (C=O) groups is 1. The summed E-state index contributed by atoms with van der Waals surface area (Å²) in [5.74, 6) is -3.15. The van der Waals surface area contributed by atoms with Crippen LogP contribution in [0.15, 0.2) is 51.7 Å². The Morgan fingerprint density at radius 3 is 2.29 bits per heavy atom. The van der Waals surface area contributed by atoms with Crippen molar-refractivity contribution in [2.75, 3.05) is 0 Å². The van der Waals surface area contributed by atoms with Crippen LogP contribution in [-0.2, 0) is 17.4 Å². The number of ether oxygens (including phenoxy) is 2. The zero-order valence-corrected chi connectivity index (χ0v) is 14.9. The fraction of sp³-hybridized carbons (Fsp3) is 0.200. The summed E-state index contributed by atoms with van der Waals surface area (Å²) in [6.07, 6.45) is -4.22. The second kappa shape index (κ2) is 7.38. The zero-order chi connectivity index (χ0) is 20.5. The summed E-state index contributed by atoms with van der Waals surface area (Å²) in [6, 6.07) is 9.89. The van der Waals surface area contributed by atoms with E-state index in [1.165, 1.54) is 24.3 Å². The lowest BCUT2D eigenvalue weighted by Crippen LogP contribution is -2.15. The molecule has 0 aliphatic heterocycles. The number of alkyl halides is 3. The topological polar surface area (TPSA) is 65.7 Å². The van der Waals surface area contributed by atoms with Crippen molar-refractivity contribution >= 4 is 16.9 Å². The molecule has 5 nitrogen and oxygen atoms in total. The molecule has 0 aliphatic carbocycles. The Morgan fingerprint density at radius 2 is 1.71 bits per heavy atom. The van der Waals surface area contributed by atoms with Crippen LogP contribution < -0.4 is 14.9 Å². The van der Waals surface area contributed by atoms with E-state index in [2.05, 4.69) is 0 Å². The van der Waals surface area contributed by atoms with E-state index in [-0.39, 0.29) is 22.5 Å². The second-order valence-electron chi connectivity index (χ2n) is 5.94. The molecule has 0 amide bonds. The number of hydrogen-bond donors (Lipinski definition) is 0. The van der Waals surface area contributed by atoms with E-state index in [9.17, 15) is 22.8 Å². The van der Waals surface area contributed by atoms with E-state index >= 15 is 0 Å². The highest BCUT2D eigenvalue weighted by molar-refractivity contribution is 5.81. The van der Waals surface area contributed by atoms with Crippen LogP contribution in [0.3, 0.4) is 0 Å². The maximum Gasteiger partial charge on any atom is 0.453 e. The summed E-state index contributed by atoms with van der Waals surface area (Å²) < 4.78 is 55.5. The van der Waals surface area contributed by atoms with Gasteiger partial charge in [0.25, 0.3) is 5.76 Å². The van der Waals surface area contributed by atoms with E-state index in [4.69, 9.17) is 13.9 Å². The van der Waals surface area contributed by atoms with Gasteiger partial charge >= 0.3 is 12.1 Å². The van der Waals surface area contributed by atoms with Gasteiger partial charge in [0.1, 0.15) is 17.1 Å². The van der Waals surface area contributed by atoms with Gasteiger partial charge in [-0.1, -0.05) is 19.1 Å². The Balaban J connectivity index is 2.15. The van der Waals surface area contributed by atoms with Crippen LogP contribution in [0.2, 0.25) is 0 Å². The standard InChI is InChI=1S/C20H15F3O5/c1-3-12-4-6-13(7-5-12)27-18-17(25)15-9-8-14(26-11(2)24)10-16(15)28-19(18)20(21,22)23/h4-10H,3H2,1-2H3. The van der Waals surface area contributed by atoms with Crippen LogP contribution in [0, 0.1) is 0 Å². The number of fused-ring (bicyclic) bond motifs is 1. The van der Waals surface area contributed by atoms with Crippen LogP contribution in [0.4, 0.5) is 13.2 Å². The van der Waals surface area contributed by atoms with Crippen LogP contribution in [0.1, 0.15) is 25.2 Å². The van der Waals surface area contributed by atoms with Gasteiger partial charge < -0.3 is 13.9 Å². The molecular formula is C20H15F3O5. The Kier molecular flexibility index (Phi) is 5.13. The van der Waals surface area contributed by atoms with Crippen molar-refractivity contribution in [1.29, 1.82) is 0 Å². The van der Waals surface area contributed by atoms with E-state index < -0.39 is 29.1 Å². The van der Waals surface area contributed by atoms with Crippen molar-refractivity contribution in [3.63, 3.8) is 0 Å². The number of aryl methyl sites for hydroxylation is 1. The molecule has 3 aromatic rings. The molecule has 28 heavy (non-hydrogen) atoms. The first kappa shape index (κ1) is 19.5. The average molecular weight is 392 g/mol. The number of carbonyl (C=O) groups excluding carboxylic acids is 1. The summed E-state index contributed by atoms with van der Waals surface area (Å²) in [4.78, 5) is 23.7. The maximum absolute atomic E-state index is 13.5. The van der Waals surface area contributed by atoms with E-state index in [0.717, 1.165) is 25.0 Å². The van der Waals surface area contributed by atoms with Crippen molar-refractivity contribution in [3.05, 3.63) is 64.0 Å². The van der Waals surface area contributed by atoms with Gasteiger partial charge in [-0.05, 0) is 36.2 Å². The Morgan fingerprint density at radius 1 is 1.07 bits per heavy atom. The molecule has 3 rings (SSSR count). The number of esters is 1. The molecule has 0 bridgehead atoms. The van der Waals surface area contributed by atoms with Gasteiger partial charge in [-0.15, -0.1) is 0 Å². The largest absolute Gasteiger partial charge is 0.453 e. The molecule has 0 spiro atoms. The Labute approximate surface area is 157 Å². The van der Waals surface area contributed by atoms with Crippen molar-refractivity contribution in [3.8, 4) is 17.2 Å². The van der Waals surface area contributed by atoms with Gasteiger partial charge in [-0.3, -0.25) is 9.59 Å². The molecule has 0 N–H and O–H groups in total. The highest BCUT2D eigenvalue weighted by Crippen LogP contribution is 2.38. The Hall–Kier alpha value is -3.29. The number of benzene rings is 2. The molecule has 0 fully saturated rings. The lowest BCUT2D eigenvalue weighted by Gasteiger charge is -2.13. The summed E-state index contributed by atoms with van der Waals surface area (Å²) in [5.41, 5.74) is -0.390. The van der Waals surface area contributed by atoms with Crippen LogP contribution in [0.25, 0.3) is 11.0 Å². The molecule has 0 radical (unpaired) electrons. The van der Waals surface area contributed by atoms with E-state index in [1.54, 1.807) is 12.1 Å². The number of rotatable bonds is 4. The number of halogens is 3. The van der Waals surface area contributed by atoms with Gasteiger partial charge in [0.2, 0.25) is 11.2 Å². The third kappa shape index (κ3) is 4.00. The van der Waals surface area contributed by atoms with Gasteiger partial charge in [0.15, 0.2) is 0 Å². The normalized spacial score (nSPS) is 11.5. The fourth-order valence-electron chi connectivity index (χ4n) is 2.58. The highest BCUT2D eigenvalue weighted by atomic mass is 19.4. The molecule has 1 heterocycles. The summed E-state index contributed by atoms with van der Waals surface area (Å²) in [5, 5.41) is -0.135. The molecule has 0 saturated carbocycles. The van der Waals surface area contributed by atoms with Crippen molar-refractivity contribution in [2.24, 2.45) is 0 Å². The molecule has 8 heteroatoms. The van der Waals surface area contributed by atoms with Crippen LogP contribution in [-0.4, -0.2) is 5.97 Å². The summed E-state index contributed by atoms with van der Waals surface area (Å²) >= 11 is 0. The fourth-order valence-corrected chi connectivity index (χ4v) is 2.58. The first-order valence-corrected chi connectivity index (χ1v) is 8.32. The maximum atomic E-state index is 13.5. The first-order chi connectivity index (χ1) is 13.2. The zero-order valence-electron chi connectivity index (χ0n) is 14.9. The quantitative estimate of drug-likeness (QED) is 0.457. The molecule has 0 saturated heterocycles. The average Bonchev–Trinajstić information content (AvgIpc) is 2.63. The third-order valence-electron chi connectivity index (χ3n) is 3.89. The van der Waals surface area contributed by atoms with Crippen molar-refractivity contribution in [1.82, 2.24) is 0 Å². The highest BCUT2D eigenvalue weighted by Gasteiger charge is 2.40. The van der Waals surface area contributed by atoms with Gasteiger partial charge in [-0.25, -0.2) is 0 Å². The second-order valence-corrected chi connectivity index (χ2v) is 5.94. The lowest BCUT2D eigenvalue weighted by molar-refractivity contribution is -0.154. The first-order valence-electron chi connectivity index (χ1n) is 8.32. The Bertz CT molecular complexity index is 1080. The third-order valence-corrected chi connectivity index (χ3v) is 3.89. The molecule has 1 aromatic heterocycles. The monoisotopic (exact) mass is 392 g/mol. The predicted molar refractivity (Wildman–Crippen MR) is 94.7 cm³/mol. The van der Waals surface area contributed by atoms with Gasteiger partial charge in [0, 0.05) is 13.0 Å². The molecule has 0 aliphatic rings. The molecule has 0 atom stereocenters. The minimum Gasteiger partial charge on any atom is -0.449 e. The van der Waals surface area contributed by atoms with Crippen LogP contribution in [0.5, 0.6) is 17.2 Å². The molecular weight excluding hydrogens is 377 g/mol. The summed E-state index contributed by atoms with van der Waals surface area (Å²) in [6.45, 7) is 3.07. The molecule has 0 unspecified atom stereocenters. The summed E-state index contributed by atoms with van der Waals surface area (Å²) in [7, 11) is 0. The minimum absolute atomic E-state index is 0.0416.